The van der Waals surface area contributed by atoms with E-state index in [1.807, 2.05) is 31.2 Å². The summed E-state index contributed by atoms with van der Waals surface area (Å²) in [5.74, 6) is -1.62. The van der Waals surface area contributed by atoms with Crippen molar-refractivity contribution in [3.8, 4) is 11.1 Å². The van der Waals surface area contributed by atoms with Gasteiger partial charge in [0.1, 0.15) is 0 Å². The van der Waals surface area contributed by atoms with Crippen molar-refractivity contribution in [2.45, 2.75) is 19.8 Å². The predicted octanol–water partition coefficient (Wildman–Crippen LogP) is 3.71. The summed E-state index contributed by atoms with van der Waals surface area (Å²) in [7, 11) is 0. The fourth-order valence-corrected chi connectivity index (χ4v) is 2.41. The number of carboxylic acid groups (broad SMARTS) is 2. The molecular formula is C18H18O4. The maximum Gasteiger partial charge on any atom is 0.335 e. The number of aromatic carboxylic acids is 1. The van der Waals surface area contributed by atoms with E-state index in [9.17, 15) is 9.59 Å². The van der Waals surface area contributed by atoms with Gasteiger partial charge in [0.15, 0.2) is 0 Å². The third-order valence-corrected chi connectivity index (χ3v) is 3.53. The van der Waals surface area contributed by atoms with Crippen LogP contribution in [0.5, 0.6) is 0 Å². The Morgan fingerprint density at radius 1 is 0.909 bits per heavy atom. The lowest BCUT2D eigenvalue weighted by atomic mass is 9.96. The van der Waals surface area contributed by atoms with Crippen molar-refractivity contribution in [3.05, 3.63) is 59.7 Å². The molecule has 4 heteroatoms. The summed E-state index contributed by atoms with van der Waals surface area (Å²) in [6, 6.07) is 14.6. The molecule has 0 saturated carbocycles. The van der Waals surface area contributed by atoms with Gasteiger partial charge >= 0.3 is 11.9 Å². The lowest BCUT2D eigenvalue weighted by molar-refractivity contribution is -0.137. The second kappa shape index (κ2) is 6.89. The Morgan fingerprint density at radius 3 is 1.86 bits per heavy atom. The number of aliphatic carboxylic acids is 1. The minimum atomic E-state index is -0.936. The van der Waals surface area contributed by atoms with E-state index in [2.05, 4.69) is 0 Å². The number of hydrogen-bond acceptors (Lipinski definition) is 2. The molecule has 0 aliphatic carbocycles. The molecule has 114 valence electrons. The summed E-state index contributed by atoms with van der Waals surface area (Å²) in [6.45, 7) is 1.92. The van der Waals surface area contributed by atoms with Crippen molar-refractivity contribution in [1.82, 2.24) is 0 Å². The van der Waals surface area contributed by atoms with E-state index < -0.39 is 11.9 Å². The van der Waals surface area contributed by atoms with Crippen LogP contribution in [-0.2, 0) is 11.2 Å². The molecular weight excluding hydrogens is 280 g/mol. The normalized spacial score (nSPS) is 11.9. The summed E-state index contributed by atoms with van der Waals surface area (Å²) < 4.78 is 0. The van der Waals surface area contributed by atoms with Gasteiger partial charge in [-0.05, 0) is 41.2 Å². The topological polar surface area (TPSA) is 74.6 Å². The molecule has 0 bridgehead atoms. The summed E-state index contributed by atoms with van der Waals surface area (Å²) >= 11 is 0. The monoisotopic (exact) mass is 298 g/mol. The maximum atomic E-state index is 10.8. The van der Waals surface area contributed by atoms with Crippen LogP contribution >= 0.6 is 0 Å². The Morgan fingerprint density at radius 2 is 1.41 bits per heavy atom. The largest absolute Gasteiger partial charge is 0.481 e. The van der Waals surface area contributed by atoms with Crippen LogP contribution in [0.4, 0.5) is 0 Å². The van der Waals surface area contributed by atoms with E-state index in [1.54, 1.807) is 24.3 Å². The highest BCUT2D eigenvalue weighted by molar-refractivity contribution is 5.88. The Kier molecular flexibility index (Phi) is 4.94. The standard InChI is InChI=1S/C18H18O4/c1-12(11-17(19)20)10-13-2-4-14(5-3-13)15-6-8-16(9-7-15)18(21)22/h2-9,12H,10-11H2,1H3,(H,19,20)(H,21,22). The first kappa shape index (κ1) is 15.8. The Labute approximate surface area is 129 Å². The Balaban J connectivity index is 2.08. The highest BCUT2D eigenvalue weighted by atomic mass is 16.4. The molecule has 2 N–H and O–H groups in total. The van der Waals surface area contributed by atoms with Crippen LogP contribution in [0.2, 0.25) is 0 Å². The molecule has 2 rings (SSSR count). The molecule has 22 heavy (non-hydrogen) atoms. The molecule has 1 atom stereocenters. The summed E-state index contributed by atoms with van der Waals surface area (Å²) in [4.78, 5) is 21.5. The van der Waals surface area contributed by atoms with Gasteiger partial charge in [0, 0.05) is 6.42 Å². The van der Waals surface area contributed by atoms with E-state index in [1.165, 1.54) is 0 Å². The van der Waals surface area contributed by atoms with Crippen molar-refractivity contribution in [2.75, 3.05) is 0 Å². The van der Waals surface area contributed by atoms with Gasteiger partial charge in [-0.25, -0.2) is 4.79 Å². The van der Waals surface area contributed by atoms with Crippen molar-refractivity contribution in [2.24, 2.45) is 5.92 Å². The Bertz CT molecular complexity index is 656. The average Bonchev–Trinajstić information content (AvgIpc) is 2.47. The molecule has 0 spiro atoms. The molecule has 0 aliphatic heterocycles. The molecule has 0 aliphatic rings. The Hall–Kier alpha value is -2.62. The van der Waals surface area contributed by atoms with Crippen LogP contribution in [0.3, 0.4) is 0 Å². The van der Waals surface area contributed by atoms with Crippen molar-refractivity contribution >= 4 is 11.9 Å². The van der Waals surface area contributed by atoms with Crippen molar-refractivity contribution in [1.29, 1.82) is 0 Å². The van der Waals surface area contributed by atoms with Crippen LogP contribution in [0, 0.1) is 5.92 Å². The molecule has 2 aromatic carbocycles. The highest BCUT2D eigenvalue weighted by Crippen LogP contribution is 2.22. The number of carbonyl (C=O) groups is 2. The second-order valence-corrected chi connectivity index (χ2v) is 5.49. The van der Waals surface area contributed by atoms with Gasteiger partial charge in [-0.1, -0.05) is 43.3 Å². The van der Waals surface area contributed by atoms with E-state index in [0.717, 1.165) is 23.1 Å². The van der Waals surface area contributed by atoms with Crippen LogP contribution < -0.4 is 0 Å². The molecule has 4 nitrogen and oxygen atoms in total. The zero-order chi connectivity index (χ0) is 16.1. The molecule has 0 saturated heterocycles. The molecule has 0 fully saturated rings. The third-order valence-electron chi connectivity index (χ3n) is 3.53. The first-order valence-corrected chi connectivity index (χ1v) is 7.10. The van der Waals surface area contributed by atoms with Crippen molar-refractivity contribution in [3.63, 3.8) is 0 Å². The summed E-state index contributed by atoms with van der Waals surface area (Å²) in [5, 5.41) is 17.7. The van der Waals surface area contributed by atoms with Gasteiger partial charge in [-0.3, -0.25) is 4.79 Å². The zero-order valence-corrected chi connectivity index (χ0v) is 12.3. The van der Waals surface area contributed by atoms with Crippen LogP contribution in [0.1, 0.15) is 29.3 Å². The van der Waals surface area contributed by atoms with E-state index in [-0.39, 0.29) is 17.9 Å². The number of hydrogen-bond donors (Lipinski definition) is 2. The van der Waals surface area contributed by atoms with Crippen LogP contribution in [-0.4, -0.2) is 22.2 Å². The SMILES string of the molecule is CC(CC(=O)O)Cc1ccc(-c2ccc(C(=O)O)cc2)cc1. The fourth-order valence-electron chi connectivity index (χ4n) is 2.41. The lowest BCUT2D eigenvalue weighted by Crippen LogP contribution is -2.06. The van der Waals surface area contributed by atoms with Gasteiger partial charge in [0.2, 0.25) is 0 Å². The minimum absolute atomic E-state index is 0.0956. The maximum absolute atomic E-state index is 10.8. The third kappa shape index (κ3) is 4.19. The minimum Gasteiger partial charge on any atom is -0.481 e. The smallest absolute Gasteiger partial charge is 0.335 e. The lowest BCUT2D eigenvalue weighted by Gasteiger charge is -2.09. The highest BCUT2D eigenvalue weighted by Gasteiger charge is 2.09. The van der Waals surface area contributed by atoms with Gasteiger partial charge in [0.25, 0.3) is 0 Å². The molecule has 0 radical (unpaired) electrons. The van der Waals surface area contributed by atoms with Crippen LogP contribution in [0.25, 0.3) is 11.1 Å². The quantitative estimate of drug-likeness (QED) is 0.852. The number of carboxylic acids is 2. The molecule has 1 unspecified atom stereocenters. The molecule has 2 aromatic rings. The first-order valence-electron chi connectivity index (χ1n) is 7.10. The summed E-state index contributed by atoms with van der Waals surface area (Å²) in [5.41, 5.74) is 3.32. The molecule has 0 aromatic heterocycles. The molecule has 0 amide bonds. The number of benzene rings is 2. The first-order chi connectivity index (χ1) is 10.5. The second-order valence-electron chi connectivity index (χ2n) is 5.49. The van der Waals surface area contributed by atoms with Gasteiger partial charge < -0.3 is 10.2 Å². The average molecular weight is 298 g/mol. The van der Waals surface area contributed by atoms with Gasteiger partial charge in [-0.15, -0.1) is 0 Å². The van der Waals surface area contributed by atoms with Gasteiger partial charge in [-0.2, -0.15) is 0 Å². The fraction of sp³-hybridized carbons (Fsp3) is 0.222. The summed E-state index contributed by atoms with van der Waals surface area (Å²) in [6.07, 6.45) is 0.892. The van der Waals surface area contributed by atoms with E-state index in [0.29, 0.717) is 0 Å². The molecule has 0 heterocycles. The van der Waals surface area contributed by atoms with Crippen molar-refractivity contribution < 1.29 is 19.8 Å². The van der Waals surface area contributed by atoms with Gasteiger partial charge in [0.05, 0.1) is 5.56 Å². The van der Waals surface area contributed by atoms with E-state index >= 15 is 0 Å². The number of rotatable bonds is 6. The van der Waals surface area contributed by atoms with E-state index in [4.69, 9.17) is 10.2 Å². The predicted molar refractivity (Wildman–Crippen MR) is 84.0 cm³/mol. The zero-order valence-electron chi connectivity index (χ0n) is 12.3. The van der Waals surface area contributed by atoms with Crippen LogP contribution in [0.15, 0.2) is 48.5 Å².